The third kappa shape index (κ3) is 4.71. The van der Waals surface area contributed by atoms with E-state index < -0.39 is 0 Å². The predicted octanol–water partition coefficient (Wildman–Crippen LogP) is 1.90. The standard InChI is InChI=1S/C11H12N2O2/c1-2-15-11(14)7-5-9-13-10-6-3-4-8-12-10/h3-9H,2H2,1H3/b7-5+,13-9?. The fourth-order valence-corrected chi connectivity index (χ4v) is 0.861. The van der Waals surface area contributed by atoms with Crippen molar-refractivity contribution in [2.24, 2.45) is 4.99 Å². The van der Waals surface area contributed by atoms with Crippen LogP contribution in [0, 0.1) is 0 Å². The molecule has 4 nitrogen and oxygen atoms in total. The first-order valence-electron chi connectivity index (χ1n) is 4.61. The van der Waals surface area contributed by atoms with E-state index in [2.05, 4.69) is 9.98 Å². The Morgan fingerprint density at radius 1 is 1.60 bits per heavy atom. The average Bonchev–Trinajstić information content (AvgIpc) is 2.26. The zero-order valence-corrected chi connectivity index (χ0v) is 8.46. The molecule has 0 unspecified atom stereocenters. The Balaban J connectivity index is 2.43. The Bertz CT molecular complexity index is 358. The maximum Gasteiger partial charge on any atom is 0.330 e. The number of ether oxygens (including phenoxy) is 1. The van der Waals surface area contributed by atoms with Gasteiger partial charge in [-0.1, -0.05) is 6.07 Å². The highest BCUT2D eigenvalue weighted by molar-refractivity contribution is 5.88. The molecule has 0 amide bonds. The molecule has 4 heteroatoms. The van der Waals surface area contributed by atoms with Gasteiger partial charge in [0.25, 0.3) is 0 Å². The Morgan fingerprint density at radius 3 is 3.13 bits per heavy atom. The Labute approximate surface area is 88.3 Å². The van der Waals surface area contributed by atoms with Crippen molar-refractivity contribution in [2.45, 2.75) is 6.92 Å². The molecule has 0 spiro atoms. The molecular formula is C11H12N2O2. The Kier molecular flexibility index (Phi) is 4.80. The van der Waals surface area contributed by atoms with E-state index in [1.165, 1.54) is 18.4 Å². The molecular weight excluding hydrogens is 192 g/mol. The highest BCUT2D eigenvalue weighted by Gasteiger charge is 1.90. The topological polar surface area (TPSA) is 51.5 Å². The van der Waals surface area contributed by atoms with E-state index in [0.29, 0.717) is 12.4 Å². The summed E-state index contributed by atoms with van der Waals surface area (Å²) in [6.07, 6.45) is 5.99. The van der Waals surface area contributed by atoms with Crippen LogP contribution in [0.15, 0.2) is 41.5 Å². The van der Waals surface area contributed by atoms with Crippen molar-refractivity contribution in [3.05, 3.63) is 36.5 Å². The zero-order valence-electron chi connectivity index (χ0n) is 8.46. The fourth-order valence-electron chi connectivity index (χ4n) is 0.861. The Morgan fingerprint density at radius 2 is 2.47 bits per heavy atom. The average molecular weight is 204 g/mol. The highest BCUT2D eigenvalue weighted by atomic mass is 16.5. The van der Waals surface area contributed by atoms with Crippen molar-refractivity contribution >= 4 is 18.0 Å². The number of aromatic nitrogens is 1. The number of nitrogens with zero attached hydrogens (tertiary/aromatic N) is 2. The minimum atomic E-state index is -0.370. The summed E-state index contributed by atoms with van der Waals surface area (Å²) >= 11 is 0. The summed E-state index contributed by atoms with van der Waals surface area (Å²) in [6.45, 7) is 2.13. The number of carbonyl (C=O) groups is 1. The maximum atomic E-state index is 10.9. The minimum Gasteiger partial charge on any atom is -0.463 e. The van der Waals surface area contributed by atoms with E-state index in [-0.39, 0.29) is 5.97 Å². The smallest absolute Gasteiger partial charge is 0.330 e. The number of hydrogen-bond donors (Lipinski definition) is 0. The molecule has 1 rings (SSSR count). The summed E-state index contributed by atoms with van der Waals surface area (Å²) in [6, 6.07) is 5.43. The fraction of sp³-hybridized carbons (Fsp3) is 0.182. The van der Waals surface area contributed by atoms with Crippen LogP contribution in [-0.4, -0.2) is 23.8 Å². The first kappa shape index (κ1) is 11.1. The normalized spacial score (nSPS) is 11.0. The molecule has 0 aliphatic rings. The van der Waals surface area contributed by atoms with Gasteiger partial charge < -0.3 is 4.74 Å². The summed E-state index contributed by atoms with van der Waals surface area (Å²) in [7, 11) is 0. The van der Waals surface area contributed by atoms with Crippen LogP contribution in [-0.2, 0) is 9.53 Å². The molecule has 0 atom stereocenters. The molecule has 0 bridgehead atoms. The van der Waals surface area contributed by atoms with Crippen molar-refractivity contribution in [1.82, 2.24) is 4.98 Å². The lowest BCUT2D eigenvalue weighted by molar-refractivity contribution is -0.137. The van der Waals surface area contributed by atoms with Crippen LogP contribution < -0.4 is 0 Å². The van der Waals surface area contributed by atoms with Gasteiger partial charge in [0.2, 0.25) is 0 Å². The van der Waals surface area contributed by atoms with E-state index in [1.807, 2.05) is 12.1 Å². The molecule has 1 heterocycles. The van der Waals surface area contributed by atoms with Gasteiger partial charge in [-0.05, 0) is 25.1 Å². The highest BCUT2D eigenvalue weighted by Crippen LogP contribution is 2.02. The van der Waals surface area contributed by atoms with Crippen molar-refractivity contribution in [3.8, 4) is 0 Å². The predicted molar refractivity (Wildman–Crippen MR) is 58.2 cm³/mol. The molecule has 1 aromatic heterocycles. The second-order valence-corrected chi connectivity index (χ2v) is 2.58. The molecule has 0 aliphatic carbocycles. The van der Waals surface area contributed by atoms with Gasteiger partial charge in [0.05, 0.1) is 6.61 Å². The van der Waals surface area contributed by atoms with Gasteiger partial charge in [-0.15, -0.1) is 0 Å². The summed E-state index contributed by atoms with van der Waals surface area (Å²) < 4.78 is 4.69. The first-order chi connectivity index (χ1) is 7.33. The molecule has 0 radical (unpaired) electrons. The number of rotatable bonds is 4. The van der Waals surface area contributed by atoms with Gasteiger partial charge in [0.1, 0.15) is 0 Å². The van der Waals surface area contributed by atoms with Crippen LogP contribution >= 0.6 is 0 Å². The lowest BCUT2D eigenvalue weighted by atomic mass is 10.4. The maximum absolute atomic E-state index is 10.9. The van der Waals surface area contributed by atoms with E-state index in [9.17, 15) is 4.79 Å². The van der Waals surface area contributed by atoms with Crippen molar-refractivity contribution < 1.29 is 9.53 Å². The summed E-state index contributed by atoms with van der Waals surface area (Å²) in [4.78, 5) is 18.9. The number of aliphatic imine (C=N–C) groups is 1. The molecule has 0 saturated heterocycles. The van der Waals surface area contributed by atoms with Crippen LogP contribution in [0.1, 0.15) is 6.92 Å². The molecule has 0 saturated carbocycles. The summed E-state index contributed by atoms with van der Waals surface area (Å²) in [5, 5.41) is 0. The monoisotopic (exact) mass is 204 g/mol. The van der Waals surface area contributed by atoms with Gasteiger partial charge in [-0.25, -0.2) is 14.8 Å². The number of hydrogen-bond acceptors (Lipinski definition) is 4. The number of carbonyl (C=O) groups excluding carboxylic acids is 1. The van der Waals surface area contributed by atoms with Crippen molar-refractivity contribution in [2.75, 3.05) is 6.61 Å². The van der Waals surface area contributed by atoms with E-state index in [4.69, 9.17) is 4.74 Å². The van der Waals surface area contributed by atoms with Gasteiger partial charge in [-0.2, -0.15) is 0 Å². The van der Waals surface area contributed by atoms with Gasteiger partial charge in [-0.3, -0.25) is 0 Å². The van der Waals surface area contributed by atoms with Crippen LogP contribution in [0.3, 0.4) is 0 Å². The quantitative estimate of drug-likeness (QED) is 0.427. The number of pyridine rings is 1. The second-order valence-electron chi connectivity index (χ2n) is 2.58. The van der Waals surface area contributed by atoms with Crippen LogP contribution in [0.2, 0.25) is 0 Å². The minimum absolute atomic E-state index is 0.370. The van der Waals surface area contributed by atoms with Crippen LogP contribution in [0.25, 0.3) is 0 Å². The van der Waals surface area contributed by atoms with E-state index in [1.54, 1.807) is 19.2 Å². The first-order valence-corrected chi connectivity index (χ1v) is 4.61. The molecule has 15 heavy (non-hydrogen) atoms. The summed E-state index contributed by atoms with van der Waals surface area (Å²) in [5.74, 6) is 0.232. The second kappa shape index (κ2) is 6.48. The molecule has 0 N–H and O–H groups in total. The van der Waals surface area contributed by atoms with Gasteiger partial charge in [0.15, 0.2) is 5.82 Å². The zero-order chi connectivity index (χ0) is 10.9. The van der Waals surface area contributed by atoms with Gasteiger partial charge >= 0.3 is 5.97 Å². The molecule has 78 valence electrons. The molecule has 0 aromatic carbocycles. The molecule has 1 aromatic rings. The van der Waals surface area contributed by atoms with Crippen molar-refractivity contribution in [1.29, 1.82) is 0 Å². The molecule has 0 fully saturated rings. The number of esters is 1. The Hall–Kier alpha value is -1.97. The lowest BCUT2D eigenvalue weighted by Gasteiger charge is -1.92. The largest absolute Gasteiger partial charge is 0.463 e. The van der Waals surface area contributed by atoms with Crippen molar-refractivity contribution in [3.63, 3.8) is 0 Å². The SMILES string of the molecule is CCOC(=O)/C=C/C=Nc1ccccn1. The summed E-state index contributed by atoms with van der Waals surface area (Å²) in [5.41, 5.74) is 0. The molecule has 0 aliphatic heterocycles. The number of allylic oxidation sites excluding steroid dienone is 1. The van der Waals surface area contributed by atoms with Crippen LogP contribution in [0.5, 0.6) is 0 Å². The van der Waals surface area contributed by atoms with Gasteiger partial charge in [0, 0.05) is 18.5 Å². The van der Waals surface area contributed by atoms with E-state index in [0.717, 1.165) is 0 Å². The van der Waals surface area contributed by atoms with E-state index >= 15 is 0 Å². The third-order valence-corrected chi connectivity index (χ3v) is 1.46. The lowest BCUT2D eigenvalue weighted by Crippen LogP contribution is -1.98. The third-order valence-electron chi connectivity index (χ3n) is 1.46. The van der Waals surface area contributed by atoms with Crippen LogP contribution in [0.4, 0.5) is 5.82 Å².